The first kappa shape index (κ1) is 22.0. The SMILES string of the molecule is CC[C@H](C)OC(=O)C1(COc2c(-c3cccc4c3CNC4=O)ccc(OC)c2OC)CC1. The van der Waals surface area contributed by atoms with E-state index in [1.807, 2.05) is 44.2 Å². The number of hydrogen-bond acceptors (Lipinski definition) is 6. The molecular formula is C25H29NO6. The minimum absolute atomic E-state index is 0.0884. The Labute approximate surface area is 188 Å². The topological polar surface area (TPSA) is 83.1 Å². The van der Waals surface area contributed by atoms with Crippen molar-refractivity contribution in [3.63, 3.8) is 0 Å². The molecule has 1 saturated carbocycles. The predicted octanol–water partition coefficient (Wildman–Crippen LogP) is 4.11. The summed E-state index contributed by atoms with van der Waals surface area (Å²) in [4.78, 5) is 24.9. The number of carbonyl (C=O) groups excluding carboxylic acids is 2. The minimum atomic E-state index is -0.634. The second-order valence-electron chi connectivity index (χ2n) is 8.39. The van der Waals surface area contributed by atoms with Gasteiger partial charge >= 0.3 is 5.97 Å². The number of esters is 1. The van der Waals surface area contributed by atoms with Gasteiger partial charge in [-0.05, 0) is 55.5 Å². The minimum Gasteiger partial charge on any atom is -0.493 e. The van der Waals surface area contributed by atoms with Crippen molar-refractivity contribution >= 4 is 11.9 Å². The molecule has 0 spiro atoms. The normalized spacial score (nSPS) is 16.6. The van der Waals surface area contributed by atoms with Crippen molar-refractivity contribution in [2.45, 2.75) is 45.8 Å². The van der Waals surface area contributed by atoms with Gasteiger partial charge < -0.3 is 24.3 Å². The average molecular weight is 440 g/mol. The Morgan fingerprint density at radius 2 is 1.81 bits per heavy atom. The molecule has 7 nitrogen and oxygen atoms in total. The van der Waals surface area contributed by atoms with E-state index in [1.54, 1.807) is 14.2 Å². The van der Waals surface area contributed by atoms with Crippen LogP contribution < -0.4 is 19.5 Å². The van der Waals surface area contributed by atoms with Crippen molar-refractivity contribution in [2.75, 3.05) is 20.8 Å². The Hall–Kier alpha value is -3.22. The molecule has 1 atom stereocenters. The first-order valence-corrected chi connectivity index (χ1v) is 10.9. The third kappa shape index (κ3) is 3.87. The van der Waals surface area contributed by atoms with Crippen LogP contribution in [0.1, 0.15) is 49.0 Å². The van der Waals surface area contributed by atoms with Crippen molar-refractivity contribution in [1.82, 2.24) is 5.32 Å². The number of fused-ring (bicyclic) bond motifs is 1. The predicted molar refractivity (Wildman–Crippen MR) is 119 cm³/mol. The first-order chi connectivity index (χ1) is 15.4. The molecule has 2 aromatic carbocycles. The van der Waals surface area contributed by atoms with Crippen LogP contribution in [0.4, 0.5) is 0 Å². The van der Waals surface area contributed by atoms with E-state index in [0.29, 0.717) is 29.4 Å². The van der Waals surface area contributed by atoms with E-state index in [4.69, 9.17) is 18.9 Å². The van der Waals surface area contributed by atoms with E-state index in [-0.39, 0.29) is 24.6 Å². The Kier molecular flexibility index (Phi) is 6.00. The second kappa shape index (κ2) is 8.73. The molecule has 1 amide bonds. The number of methoxy groups -OCH3 is 2. The number of rotatable bonds is 9. The molecule has 0 radical (unpaired) electrons. The molecule has 0 bridgehead atoms. The fourth-order valence-corrected chi connectivity index (χ4v) is 3.92. The van der Waals surface area contributed by atoms with Gasteiger partial charge in [0.1, 0.15) is 12.0 Å². The quantitative estimate of drug-likeness (QED) is 0.592. The summed E-state index contributed by atoms with van der Waals surface area (Å²) < 4.78 is 23.0. The Morgan fingerprint density at radius 1 is 1.06 bits per heavy atom. The molecule has 2 aromatic rings. The molecule has 170 valence electrons. The highest BCUT2D eigenvalue weighted by Gasteiger charge is 2.53. The zero-order valence-corrected chi connectivity index (χ0v) is 18.9. The Balaban J connectivity index is 1.71. The third-order valence-corrected chi connectivity index (χ3v) is 6.30. The van der Waals surface area contributed by atoms with Crippen LogP contribution in [0.25, 0.3) is 11.1 Å². The van der Waals surface area contributed by atoms with Crippen LogP contribution in [0, 0.1) is 5.41 Å². The molecule has 1 fully saturated rings. The van der Waals surface area contributed by atoms with Gasteiger partial charge in [0.15, 0.2) is 11.5 Å². The Bertz CT molecular complexity index is 1040. The summed E-state index contributed by atoms with van der Waals surface area (Å²) in [7, 11) is 3.12. The van der Waals surface area contributed by atoms with Crippen LogP contribution in [0.15, 0.2) is 30.3 Å². The monoisotopic (exact) mass is 439 g/mol. The molecule has 2 aliphatic rings. The molecule has 4 rings (SSSR count). The van der Waals surface area contributed by atoms with E-state index in [9.17, 15) is 9.59 Å². The maximum atomic E-state index is 12.7. The lowest BCUT2D eigenvalue weighted by Gasteiger charge is -2.22. The second-order valence-corrected chi connectivity index (χ2v) is 8.39. The van der Waals surface area contributed by atoms with Crippen molar-refractivity contribution in [2.24, 2.45) is 5.41 Å². The van der Waals surface area contributed by atoms with Gasteiger partial charge in [-0.2, -0.15) is 0 Å². The molecule has 1 aliphatic carbocycles. The van der Waals surface area contributed by atoms with Gasteiger partial charge in [0.25, 0.3) is 5.91 Å². The lowest BCUT2D eigenvalue weighted by atomic mass is 9.95. The first-order valence-electron chi connectivity index (χ1n) is 10.9. The third-order valence-electron chi connectivity index (χ3n) is 6.30. The Morgan fingerprint density at radius 3 is 2.47 bits per heavy atom. The van der Waals surface area contributed by atoms with E-state index < -0.39 is 5.41 Å². The van der Waals surface area contributed by atoms with E-state index in [0.717, 1.165) is 36.0 Å². The van der Waals surface area contributed by atoms with Crippen LogP contribution in [0.3, 0.4) is 0 Å². The van der Waals surface area contributed by atoms with Gasteiger partial charge in [-0.3, -0.25) is 9.59 Å². The summed E-state index contributed by atoms with van der Waals surface area (Å²) in [6, 6.07) is 9.33. The molecular weight excluding hydrogens is 410 g/mol. The maximum absolute atomic E-state index is 12.7. The highest BCUT2D eigenvalue weighted by molar-refractivity contribution is 6.01. The highest BCUT2D eigenvalue weighted by atomic mass is 16.6. The lowest BCUT2D eigenvalue weighted by Crippen LogP contribution is -2.28. The van der Waals surface area contributed by atoms with Crippen molar-refractivity contribution in [3.05, 3.63) is 41.5 Å². The van der Waals surface area contributed by atoms with Crippen LogP contribution in [0.2, 0.25) is 0 Å². The standard InChI is InChI=1S/C25H29NO6/c1-5-15(2)32-24(28)25(11-12-25)14-31-21-17(9-10-20(29-3)22(21)30-4)16-7-6-8-18-19(16)13-26-23(18)27/h6-10,15H,5,11-14H2,1-4H3,(H,26,27)/t15-/m0/s1. The van der Waals surface area contributed by atoms with Crippen LogP contribution >= 0.6 is 0 Å². The summed E-state index contributed by atoms with van der Waals surface area (Å²) in [5, 5.41) is 2.87. The van der Waals surface area contributed by atoms with Crippen LogP contribution in [0.5, 0.6) is 17.2 Å². The van der Waals surface area contributed by atoms with Gasteiger partial charge in [0, 0.05) is 17.7 Å². The van der Waals surface area contributed by atoms with Crippen molar-refractivity contribution in [1.29, 1.82) is 0 Å². The zero-order chi connectivity index (χ0) is 22.9. The van der Waals surface area contributed by atoms with Crippen LogP contribution in [-0.4, -0.2) is 38.8 Å². The molecule has 0 unspecified atom stereocenters. The largest absolute Gasteiger partial charge is 0.493 e. The number of carbonyl (C=O) groups is 2. The van der Waals surface area contributed by atoms with Gasteiger partial charge in [-0.25, -0.2) is 0 Å². The van der Waals surface area contributed by atoms with Crippen molar-refractivity contribution in [3.8, 4) is 28.4 Å². The molecule has 7 heteroatoms. The fourth-order valence-electron chi connectivity index (χ4n) is 3.92. The number of ether oxygens (including phenoxy) is 4. The zero-order valence-electron chi connectivity index (χ0n) is 18.9. The van der Waals surface area contributed by atoms with Gasteiger partial charge in [0.05, 0.1) is 20.3 Å². The molecule has 32 heavy (non-hydrogen) atoms. The number of nitrogens with one attached hydrogen (secondary N) is 1. The summed E-state index contributed by atoms with van der Waals surface area (Å²) in [5.41, 5.74) is 2.59. The van der Waals surface area contributed by atoms with E-state index in [1.165, 1.54) is 0 Å². The van der Waals surface area contributed by atoms with Gasteiger partial charge in [-0.1, -0.05) is 19.1 Å². The van der Waals surface area contributed by atoms with Gasteiger partial charge in [0.2, 0.25) is 5.75 Å². The number of benzene rings is 2. The summed E-state index contributed by atoms with van der Waals surface area (Å²) >= 11 is 0. The summed E-state index contributed by atoms with van der Waals surface area (Å²) in [6.07, 6.45) is 2.09. The molecule has 1 N–H and O–H groups in total. The highest BCUT2D eigenvalue weighted by Crippen LogP contribution is 2.51. The molecule has 0 aromatic heterocycles. The number of amides is 1. The maximum Gasteiger partial charge on any atom is 0.315 e. The van der Waals surface area contributed by atoms with Crippen molar-refractivity contribution < 1.29 is 28.5 Å². The average Bonchev–Trinajstić information content (AvgIpc) is 3.52. The summed E-state index contributed by atoms with van der Waals surface area (Å²) in [6.45, 7) is 4.51. The van der Waals surface area contributed by atoms with Crippen LogP contribution in [-0.2, 0) is 16.1 Å². The smallest absolute Gasteiger partial charge is 0.315 e. The fraction of sp³-hybridized carbons (Fsp3) is 0.440. The van der Waals surface area contributed by atoms with E-state index >= 15 is 0 Å². The lowest BCUT2D eigenvalue weighted by molar-refractivity contribution is -0.156. The van der Waals surface area contributed by atoms with E-state index in [2.05, 4.69) is 5.32 Å². The molecule has 0 saturated heterocycles. The number of hydrogen-bond donors (Lipinski definition) is 1. The molecule has 1 aliphatic heterocycles. The summed E-state index contributed by atoms with van der Waals surface area (Å²) in [5.74, 6) is 1.16. The molecule has 1 heterocycles. The van der Waals surface area contributed by atoms with Gasteiger partial charge in [-0.15, -0.1) is 0 Å².